The second kappa shape index (κ2) is 3.66. The Morgan fingerprint density at radius 1 is 0.846 bits per heavy atom. The van der Waals surface area contributed by atoms with Crippen molar-refractivity contribution in [3.05, 3.63) is 0 Å². The zero-order valence-electron chi connectivity index (χ0n) is 10.4. The van der Waals surface area contributed by atoms with Crippen LogP contribution >= 0.6 is 19.9 Å². The van der Waals surface area contributed by atoms with Crippen molar-refractivity contribution in [3.8, 4) is 0 Å². The Balaban J connectivity index is 5.22. The molecule has 0 saturated carbocycles. The van der Waals surface area contributed by atoms with Crippen molar-refractivity contribution in [2.24, 2.45) is 0 Å². The van der Waals surface area contributed by atoms with E-state index < -0.39 is 9.24 Å². The standard InChI is InChI=1S/C11H25ClS/c1-9(2)13(12,10(3,4)5)11(6,7)8/h9H,1-8H3. The molecule has 0 aliphatic rings. The zero-order chi connectivity index (χ0) is 11.1. The largest absolute Gasteiger partial charge is 0.151 e. The highest BCUT2D eigenvalue weighted by Crippen LogP contribution is 2.73. The van der Waals surface area contributed by atoms with Crippen LogP contribution in [-0.4, -0.2) is 14.7 Å². The molecule has 0 saturated heterocycles. The monoisotopic (exact) mass is 224 g/mol. The summed E-state index contributed by atoms with van der Waals surface area (Å²) in [6.07, 6.45) is 0. The van der Waals surface area contributed by atoms with E-state index in [2.05, 4.69) is 55.4 Å². The van der Waals surface area contributed by atoms with Gasteiger partial charge in [0.05, 0.1) is 0 Å². The third-order valence-electron chi connectivity index (χ3n) is 2.43. The average Bonchev–Trinajstić information content (AvgIpc) is 1.80. The van der Waals surface area contributed by atoms with Crippen molar-refractivity contribution in [1.29, 1.82) is 0 Å². The van der Waals surface area contributed by atoms with E-state index in [4.69, 9.17) is 10.7 Å². The fourth-order valence-electron chi connectivity index (χ4n) is 2.33. The van der Waals surface area contributed by atoms with Gasteiger partial charge in [-0.05, 0) is 5.25 Å². The first-order valence-corrected chi connectivity index (χ1v) is 7.48. The van der Waals surface area contributed by atoms with Gasteiger partial charge >= 0.3 is 0 Å². The van der Waals surface area contributed by atoms with Crippen molar-refractivity contribution in [2.45, 2.75) is 70.1 Å². The lowest BCUT2D eigenvalue weighted by atomic mass is 10.2. The van der Waals surface area contributed by atoms with Crippen molar-refractivity contribution in [1.82, 2.24) is 0 Å². The molecule has 0 aliphatic heterocycles. The molecule has 0 fully saturated rings. The van der Waals surface area contributed by atoms with Gasteiger partial charge in [-0.3, -0.25) is 0 Å². The van der Waals surface area contributed by atoms with Gasteiger partial charge in [-0.2, -0.15) is 9.24 Å². The lowest BCUT2D eigenvalue weighted by Crippen LogP contribution is -2.39. The fourth-order valence-corrected chi connectivity index (χ4v) is 7.00. The lowest BCUT2D eigenvalue weighted by molar-refractivity contribution is 0.707. The van der Waals surface area contributed by atoms with Crippen LogP contribution < -0.4 is 0 Å². The minimum absolute atomic E-state index is 0.209. The van der Waals surface area contributed by atoms with Gasteiger partial charge in [0, 0.05) is 9.49 Å². The van der Waals surface area contributed by atoms with E-state index in [1.807, 2.05) is 0 Å². The minimum Gasteiger partial charge on any atom is -0.151 e. The van der Waals surface area contributed by atoms with Gasteiger partial charge < -0.3 is 0 Å². The quantitative estimate of drug-likeness (QED) is 0.591. The number of rotatable bonds is 1. The molecule has 0 aliphatic carbocycles. The number of hydrogen-bond donors (Lipinski definition) is 0. The van der Waals surface area contributed by atoms with Crippen LogP contribution in [0.3, 0.4) is 0 Å². The van der Waals surface area contributed by atoms with Gasteiger partial charge in [0.15, 0.2) is 0 Å². The van der Waals surface area contributed by atoms with Crippen molar-refractivity contribution in [2.75, 3.05) is 0 Å². The Labute approximate surface area is 90.3 Å². The van der Waals surface area contributed by atoms with Crippen LogP contribution in [0.25, 0.3) is 0 Å². The molecule has 0 aromatic rings. The van der Waals surface area contributed by atoms with Crippen LogP contribution in [0.4, 0.5) is 0 Å². The van der Waals surface area contributed by atoms with Gasteiger partial charge in [0.25, 0.3) is 0 Å². The summed E-state index contributed by atoms with van der Waals surface area (Å²) in [7, 11) is 5.79. The van der Waals surface area contributed by atoms with E-state index in [-0.39, 0.29) is 9.49 Å². The summed E-state index contributed by atoms with van der Waals surface area (Å²) in [5, 5.41) is 0.564. The molecular formula is C11H25ClS. The summed E-state index contributed by atoms with van der Waals surface area (Å²) in [5.41, 5.74) is 0. The first-order chi connectivity index (χ1) is 5.44. The molecule has 0 rings (SSSR count). The highest BCUT2D eigenvalue weighted by Gasteiger charge is 2.46. The van der Waals surface area contributed by atoms with Gasteiger partial charge in [-0.25, -0.2) is 0 Å². The molecule has 0 heterocycles. The predicted octanol–water partition coefficient (Wildman–Crippen LogP) is 4.95. The van der Waals surface area contributed by atoms with E-state index in [9.17, 15) is 0 Å². The van der Waals surface area contributed by atoms with Crippen LogP contribution in [0, 0.1) is 0 Å². The number of halogens is 1. The molecule has 0 nitrogen and oxygen atoms in total. The molecule has 0 unspecified atom stereocenters. The lowest BCUT2D eigenvalue weighted by Gasteiger charge is -2.56. The smallest absolute Gasteiger partial charge is 0.00493 e. The molecule has 2 heteroatoms. The Kier molecular flexibility index (Phi) is 3.84. The third kappa shape index (κ3) is 2.36. The second-order valence-electron chi connectivity index (χ2n) is 5.85. The molecule has 0 aromatic heterocycles. The van der Waals surface area contributed by atoms with Gasteiger partial charge in [0.2, 0.25) is 0 Å². The Morgan fingerprint density at radius 3 is 1.08 bits per heavy atom. The number of hydrogen-bond acceptors (Lipinski definition) is 0. The Bertz CT molecular complexity index is 158. The Hall–Kier alpha value is 0.640. The zero-order valence-corrected chi connectivity index (χ0v) is 11.9. The molecular weight excluding hydrogens is 200 g/mol. The molecule has 0 N–H and O–H groups in total. The molecule has 0 bridgehead atoms. The van der Waals surface area contributed by atoms with E-state index in [0.29, 0.717) is 5.25 Å². The molecule has 0 atom stereocenters. The van der Waals surface area contributed by atoms with Crippen LogP contribution in [0.5, 0.6) is 0 Å². The topological polar surface area (TPSA) is 0 Å². The van der Waals surface area contributed by atoms with E-state index in [0.717, 1.165) is 0 Å². The van der Waals surface area contributed by atoms with E-state index in [1.54, 1.807) is 0 Å². The van der Waals surface area contributed by atoms with Gasteiger partial charge in [-0.1, -0.05) is 66.1 Å². The normalized spacial score (nSPS) is 16.5. The summed E-state index contributed by atoms with van der Waals surface area (Å²) < 4.78 is 0.419. The van der Waals surface area contributed by atoms with Gasteiger partial charge in [-0.15, -0.1) is 0 Å². The SMILES string of the molecule is CC(C)S(Cl)(C(C)(C)C)C(C)(C)C. The Morgan fingerprint density at radius 2 is 1.08 bits per heavy atom. The maximum Gasteiger partial charge on any atom is 0.00493 e. The maximum absolute atomic E-state index is 6.91. The minimum atomic E-state index is -1.12. The van der Waals surface area contributed by atoms with Crippen LogP contribution in [0.2, 0.25) is 0 Å². The van der Waals surface area contributed by atoms with Crippen LogP contribution in [-0.2, 0) is 0 Å². The van der Waals surface area contributed by atoms with Crippen LogP contribution in [0.15, 0.2) is 0 Å². The van der Waals surface area contributed by atoms with E-state index in [1.165, 1.54) is 0 Å². The highest BCUT2D eigenvalue weighted by atomic mass is 35.7. The average molecular weight is 225 g/mol. The molecule has 82 valence electrons. The summed E-state index contributed by atoms with van der Waals surface area (Å²) in [5.74, 6) is 0. The molecule has 0 amide bonds. The molecule has 0 aromatic carbocycles. The van der Waals surface area contributed by atoms with Gasteiger partial charge in [0.1, 0.15) is 0 Å². The third-order valence-corrected chi connectivity index (χ3v) is 11.1. The molecule has 13 heavy (non-hydrogen) atoms. The first-order valence-electron chi connectivity index (χ1n) is 4.95. The summed E-state index contributed by atoms with van der Waals surface area (Å²) in [6, 6.07) is 0. The van der Waals surface area contributed by atoms with Crippen molar-refractivity contribution >= 4 is 19.9 Å². The van der Waals surface area contributed by atoms with Crippen LogP contribution in [0.1, 0.15) is 55.4 Å². The summed E-state index contributed by atoms with van der Waals surface area (Å²) in [6.45, 7) is 18.1. The first kappa shape index (κ1) is 13.6. The fraction of sp³-hybridized carbons (Fsp3) is 1.00. The second-order valence-corrected chi connectivity index (χ2v) is 11.9. The molecule has 0 radical (unpaired) electrons. The predicted molar refractivity (Wildman–Crippen MR) is 68.1 cm³/mol. The van der Waals surface area contributed by atoms with E-state index >= 15 is 0 Å². The summed E-state index contributed by atoms with van der Waals surface area (Å²) in [4.78, 5) is 0. The summed E-state index contributed by atoms with van der Waals surface area (Å²) >= 11 is 0. The maximum atomic E-state index is 6.91. The highest BCUT2D eigenvalue weighted by molar-refractivity contribution is 8.53. The van der Waals surface area contributed by atoms with Crippen molar-refractivity contribution in [3.63, 3.8) is 0 Å². The molecule has 0 spiro atoms. The van der Waals surface area contributed by atoms with Crippen molar-refractivity contribution < 1.29 is 0 Å².